The molecular weight excluding hydrogens is 230 g/mol. The van der Waals surface area contributed by atoms with Gasteiger partial charge in [0.15, 0.2) is 0 Å². The van der Waals surface area contributed by atoms with E-state index in [1.165, 1.54) is 6.07 Å². The van der Waals surface area contributed by atoms with E-state index in [1.807, 2.05) is 13.0 Å². The highest BCUT2D eigenvalue weighted by Crippen LogP contribution is 2.16. The third kappa shape index (κ3) is 2.74. The Labute approximate surface area is 105 Å². The molecule has 0 radical (unpaired) electrons. The van der Waals surface area contributed by atoms with Crippen LogP contribution < -0.4 is 10.3 Å². The Balaban J connectivity index is 2.39. The highest BCUT2D eigenvalue weighted by molar-refractivity contribution is 5.57. The van der Waals surface area contributed by atoms with Gasteiger partial charge in [-0.05, 0) is 12.5 Å². The largest absolute Gasteiger partial charge is 0.481 e. The van der Waals surface area contributed by atoms with Crippen molar-refractivity contribution >= 4 is 0 Å². The second-order valence-corrected chi connectivity index (χ2v) is 3.92. The molecule has 0 atom stereocenters. The maximum atomic E-state index is 11.5. The van der Waals surface area contributed by atoms with Crippen LogP contribution in [0.1, 0.15) is 19.2 Å². The molecule has 0 aliphatic heterocycles. The van der Waals surface area contributed by atoms with Crippen molar-refractivity contribution in [1.82, 2.24) is 15.0 Å². The monoisotopic (exact) mass is 245 g/mol. The van der Waals surface area contributed by atoms with E-state index < -0.39 is 0 Å². The molecule has 0 aromatic carbocycles. The standard InChI is InChI=1S/C13H15N3O2/c1-3-4-11-15-10(7-12(17)16-11)9-5-6-13(18-2)14-8-9/h5-8H,3-4H2,1-2H3,(H,15,16,17). The fourth-order valence-corrected chi connectivity index (χ4v) is 1.66. The molecule has 94 valence electrons. The van der Waals surface area contributed by atoms with Crippen LogP contribution in [0.15, 0.2) is 29.2 Å². The molecule has 2 rings (SSSR count). The van der Waals surface area contributed by atoms with E-state index in [4.69, 9.17) is 4.74 Å². The molecule has 5 nitrogen and oxygen atoms in total. The van der Waals surface area contributed by atoms with E-state index in [2.05, 4.69) is 15.0 Å². The highest BCUT2D eigenvalue weighted by Gasteiger charge is 2.04. The summed E-state index contributed by atoms with van der Waals surface area (Å²) in [6.07, 6.45) is 3.34. The van der Waals surface area contributed by atoms with Crippen LogP contribution in [0.5, 0.6) is 5.88 Å². The molecule has 0 aliphatic carbocycles. The Morgan fingerprint density at radius 1 is 1.39 bits per heavy atom. The van der Waals surface area contributed by atoms with Crippen LogP contribution in [0.4, 0.5) is 0 Å². The molecule has 0 bridgehead atoms. The molecule has 0 saturated carbocycles. The maximum absolute atomic E-state index is 11.5. The lowest BCUT2D eigenvalue weighted by Gasteiger charge is -2.04. The van der Waals surface area contributed by atoms with Crippen molar-refractivity contribution in [2.75, 3.05) is 7.11 Å². The minimum Gasteiger partial charge on any atom is -0.481 e. The van der Waals surface area contributed by atoms with Gasteiger partial charge in [0.2, 0.25) is 5.88 Å². The summed E-state index contributed by atoms with van der Waals surface area (Å²) < 4.78 is 4.99. The molecule has 5 heteroatoms. The summed E-state index contributed by atoms with van der Waals surface area (Å²) in [6, 6.07) is 5.06. The summed E-state index contributed by atoms with van der Waals surface area (Å²) in [7, 11) is 1.56. The third-order valence-electron chi connectivity index (χ3n) is 2.52. The van der Waals surface area contributed by atoms with Crippen molar-refractivity contribution in [3.63, 3.8) is 0 Å². The number of aromatic amines is 1. The topological polar surface area (TPSA) is 67.9 Å². The molecule has 18 heavy (non-hydrogen) atoms. The fraction of sp³-hybridized carbons (Fsp3) is 0.308. The summed E-state index contributed by atoms with van der Waals surface area (Å²) in [5, 5.41) is 0. The number of pyridine rings is 1. The number of rotatable bonds is 4. The van der Waals surface area contributed by atoms with E-state index in [-0.39, 0.29) is 5.56 Å². The first-order chi connectivity index (χ1) is 8.72. The minimum absolute atomic E-state index is 0.140. The van der Waals surface area contributed by atoms with E-state index in [0.717, 1.165) is 18.4 Å². The number of hydrogen-bond acceptors (Lipinski definition) is 4. The van der Waals surface area contributed by atoms with E-state index in [9.17, 15) is 4.79 Å². The minimum atomic E-state index is -0.140. The molecule has 2 heterocycles. The lowest BCUT2D eigenvalue weighted by atomic mass is 10.2. The molecule has 0 unspecified atom stereocenters. The summed E-state index contributed by atoms with van der Waals surface area (Å²) in [5.41, 5.74) is 1.30. The van der Waals surface area contributed by atoms with Gasteiger partial charge in [-0.15, -0.1) is 0 Å². The predicted octanol–water partition coefficient (Wildman–Crippen LogP) is 1.79. The smallest absolute Gasteiger partial charge is 0.251 e. The number of H-pyrrole nitrogens is 1. The first-order valence-corrected chi connectivity index (χ1v) is 5.83. The van der Waals surface area contributed by atoms with Crippen molar-refractivity contribution in [2.45, 2.75) is 19.8 Å². The Hall–Kier alpha value is -2.17. The van der Waals surface area contributed by atoms with Crippen molar-refractivity contribution in [3.8, 4) is 17.1 Å². The van der Waals surface area contributed by atoms with E-state index in [1.54, 1.807) is 19.4 Å². The van der Waals surface area contributed by atoms with Crippen LogP contribution in [0.25, 0.3) is 11.3 Å². The van der Waals surface area contributed by atoms with Crippen LogP contribution in [0.2, 0.25) is 0 Å². The Bertz CT molecular complexity index is 576. The van der Waals surface area contributed by atoms with Gasteiger partial charge in [0.1, 0.15) is 5.82 Å². The summed E-state index contributed by atoms with van der Waals surface area (Å²) in [4.78, 5) is 22.8. The van der Waals surface area contributed by atoms with Crippen LogP contribution in [0, 0.1) is 0 Å². The average molecular weight is 245 g/mol. The van der Waals surface area contributed by atoms with Crippen LogP contribution in [-0.4, -0.2) is 22.1 Å². The summed E-state index contributed by atoms with van der Waals surface area (Å²) >= 11 is 0. The van der Waals surface area contributed by atoms with Crippen LogP contribution >= 0.6 is 0 Å². The molecule has 0 spiro atoms. The number of aromatic nitrogens is 3. The molecule has 0 aliphatic rings. The van der Waals surface area contributed by atoms with Gasteiger partial charge in [-0.1, -0.05) is 6.92 Å². The normalized spacial score (nSPS) is 10.3. The average Bonchev–Trinajstić information content (AvgIpc) is 2.38. The van der Waals surface area contributed by atoms with Gasteiger partial charge in [-0.3, -0.25) is 4.79 Å². The quantitative estimate of drug-likeness (QED) is 0.891. The van der Waals surface area contributed by atoms with E-state index in [0.29, 0.717) is 17.4 Å². The number of methoxy groups -OCH3 is 1. The van der Waals surface area contributed by atoms with Crippen molar-refractivity contribution in [2.24, 2.45) is 0 Å². The van der Waals surface area contributed by atoms with E-state index >= 15 is 0 Å². The molecule has 2 aromatic heterocycles. The fourth-order valence-electron chi connectivity index (χ4n) is 1.66. The molecule has 0 fully saturated rings. The SMILES string of the molecule is CCCc1nc(-c2ccc(OC)nc2)cc(=O)[nH]1. The summed E-state index contributed by atoms with van der Waals surface area (Å²) in [6.45, 7) is 2.04. The van der Waals surface area contributed by atoms with Gasteiger partial charge in [-0.2, -0.15) is 0 Å². The zero-order valence-electron chi connectivity index (χ0n) is 10.4. The number of nitrogens with one attached hydrogen (secondary N) is 1. The van der Waals surface area contributed by atoms with Crippen molar-refractivity contribution < 1.29 is 4.74 Å². The van der Waals surface area contributed by atoms with Gasteiger partial charge in [-0.25, -0.2) is 9.97 Å². The Morgan fingerprint density at radius 2 is 2.22 bits per heavy atom. The molecule has 0 amide bonds. The second-order valence-electron chi connectivity index (χ2n) is 3.92. The van der Waals surface area contributed by atoms with Gasteiger partial charge >= 0.3 is 0 Å². The number of nitrogens with zero attached hydrogens (tertiary/aromatic N) is 2. The Kier molecular flexibility index (Phi) is 3.72. The first-order valence-electron chi connectivity index (χ1n) is 5.83. The molecular formula is C13H15N3O2. The van der Waals surface area contributed by atoms with Crippen molar-refractivity contribution in [3.05, 3.63) is 40.6 Å². The summed E-state index contributed by atoms with van der Waals surface area (Å²) in [5.74, 6) is 1.24. The van der Waals surface area contributed by atoms with Crippen molar-refractivity contribution in [1.29, 1.82) is 0 Å². The predicted molar refractivity (Wildman–Crippen MR) is 68.6 cm³/mol. The number of aryl methyl sites for hydroxylation is 1. The zero-order chi connectivity index (χ0) is 13.0. The third-order valence-corrected chi connectivity index (χ3v) is 2.52. The van der Waals surface area contributed by atoms with Crippen LogP contribution in [0.3, 0.4) is 0 Å². The van der Waals surface area contributed by atoms with Gasteiger partial charge in [0.25, 0.3) is 5.56 Å². The first kappa shape index (κ1) is 12.3. The lowest BCUT2D eigenvalue weighted by Crippen LogP contribution is -2.11. The lowest BCUT2D eigenvalue weighted by molar-refractivity contribution is 0.398. The molecule has 1 N–H and O–H groups in total. The maximum Gasteiger partial charge on any atom is 0.251 e. The molecule has 2 aromatic rings. The van der Waals surface area contributed by atoms with Gasteiger partial charge in [0, 0.05) is 30.3 Å². The molecule has 0 saturated heterocycles. The van der Waals surface area contributed by atoms with Gasteiger partial charge < -0.3 is 9.72 Å². The second kappa shape index (κ2) is 5.44. The van der Waals surface area contributed by atoms with Crippen LogP contribution in [-0.2, 0) is 6.42 Å². The Morgan fingerprint density at radius 3 is 2.83 bits per heavy atom. The highest BCUT2D eigenvalue weighted by atomic mass is 16.5. The zero-order valence-corrected chi connectivity index (χ0v) is 10.4. The number of ether oxygens (including phenoxy) is 1. The number of hydrogen-bond donors (Lipinski definition) is 1. The van der Waals surface area contributed by atoms with Gasteiger partial charge in [0.05, 0.1) is 12.8 Å².